The van der Waals surface area contributed by atoms with Gasteiger partial charge in [0, 0.05) is 39.1 Å². The highest BCUT2D eigenvalue weighted by Gasteiger charge is 2.20. The van der Waals surface area contributed by atoms with E-state index < -0.39 is 0 Å². The molecule has 1 amide bonds. The number of hydrogen-bond acceptors (Lipinski definition) is 2. The van der Waals surface area contributed by atoms with Crippen molar-refractivity contribution < 1.29 is 4.79 Å². The number of terminal acetylenes is 1. The van der Waals surface area contributed by atoms with Crippen LogP contribution in [0.15, 0.2) is 0 Å². The van der Waals surface area contributed by atoms with Gasteiger partial charge in [0.2, 0.25) is 5.91 Å². The lowest BCUT2D eigenvalue weighted by atomic mass is 9.91. The lowest BCUT2D eigenvalue weighted by Gasteiger charge is -2.26. The summed E-state index contributed by atoms with van der Waals surface area (Å²) in [5.74, 6) is 0.209. The van der Waals surface area contributed by atoms with Crippen molar-refractivity contribution >= 4 is 5.91 Å². The predicted molar refractivity (Wildman–Crippen MR) is 79.1 cm³/mol. The molecule has 3 nitrogen and oxygen atoms in total. The third kappa shape index (κ3) is 10.0. The number of hydrogen-bond donors (Lipinski definition) is 0. The van der Waals surface area contributed by atoms with E-state index in [1.54, 1.807) is 4.90 Å². The molecule has 0 heterocycles. The van der Waals surface area contributed by atoms with Gasteiger partial charge >= 0.3 is 0 Å². The normalized spacial score (nSPS) is 9.89. The highest BCUT2D eigenvalue weighted by Crippen LogP contribution is 2.19. The van der Waals surface area contributed by atoms with Gasteiger partial charge in [0.05, 0.1) is 0 Å². The monoisotopic (exact) mass is 254 g/mol. The molecule has 106 valence electrons. The van der Waals surface area contributed by atoms with E-state index in [1.807, 2.05) is 32.7 Å². The summed E-state index contributed by atoms with van der Waals surface area (Å²) in [6, 6.07) is 2.53. The van der Waals surface area contributed by atoms with E-state index in [-0.39, 0.29) is 11.3 Å². The maximum Gasteiger partial charge on any atom is 0.223 e. The molecular weight excluding hydrogens is 224 g/mol. The van der Waals surface area contributed by atoms with Crippen molar-refractivity contribution in [1.82, 2.24) is 9.80 Å². The van der Waals surface area contributed by atoms with Gasteiger partial charge in [-0.1, -0.05) is 41.0 Å². The third-order valence-electron chi connectivity index (χ3n) is 2.34. The van der Waals surface area contributed by atoms with Crippen LogP contribution in [0.4, 0.5) is 0 Å². The minimum absolute atomic E-state index is 0.0442. The molecule has 0 spiro atoms. The van der Waals surface area contributed by atoms with Crippen LogP contribution in [0, 0.1) is 17.9 Å². The molecule has 0 atom stereocenters. The molecule has 0 rings (SSSR count). The standard InChI is InChI=1S/C13H24N2O.C2H6/c1-7-14(6)9-10-15(8-2)12(16)11-13(3,4)5;1-2/h1H,8-11H2,2-6H3;1-2H3. The number of rotatable bonds is 5. The van der Waals surface area contributed by atoms with Crippen LogP contribution >= 0.6 is 0 Å². The molecule has 0 aromatic rings. The summed E-state index contributed by atoms with van der Waals surface area (Å²) in [4.78, 5) is 15.6. The summed E-state index contributed by atoms with van der Waals surface area (Å²) in [5, 5.41) is 0. The molecule has 0 bridgehead atoms. The summed E-state index contributed by atoms with van der Waals surface area (Å²) >= 11 is 0. The number of amides is 1. The fourth-order valence-electron chi connectivity index (χ4n) is 1.36. The van der Waals surface area contributed by atoms with Crippen molar-refractivity contribution in [3.63, 3.8) is 0 Å². The van der Waals surface area contributed by atoms with Crippen molar-refractivity contribution in [2.75, 3.05) is 26.7 Å². The first-order chi connectivity index (χ1) is 8.30. The minimum Gasteiger partial charge on any atom is -0.341 e. The Labute approximate surface area is 114 Å². The van der Waals surface area contributed by atoms with Crippen LogP contribution in [-0.2, 0) is 4.79 Å². The van der Waals surface area contributed by atoms with E-state index in [0.717, 1.165) is 13.1 Å². The first-order valence-electron chi connectivity index (χ1n) is 6.75. The number of carbonyl (C=O) groups is 1. The fourth-order valence-corrected chi connectivity index (χ4v) is 1.36. The highest BCUT2D eigenvalue weighted by atomic mass is 16.2. The highest BCUT2D eigenvalue weighted by molar-refractivity contribution is 5.76. The Morgan fingerprint density at radius 1 is 1.22 bits per heavy atom. The zero-order valence-corrected chi connectivity index (χ0v) is 13.2. The van der Waals surface area contributed by atoms with Gasteiger partial charge in [0.1, 0.15) is 0 Å². The first kappa shape index (κ1) is 19.2. The SMILES string of the molecule is C#CN(C)CCN(CC)C(=O)CC(C)(C)C.CC. The van der Waals surface area contributed by atoms with Crippen LogP contribution in [0.5, 0.6) is 0 Å². The number of carbonyl (C=O) groups excluding carboxylic acids is 1. The van der Waals surface area contributed by atoms with Crippen molar-refractivity contribution in [3.05, 3.63) is 0 Å². The molecule has 3 heteroatoms. The molecule has 0 radical (unpaired) electrons. The Balaban J connectivity index is 0. The molecule has 0 saturated carbocycles. The number of likely N-dealkylation sites (N-methyl/N-ethyl adjacent to an activating group) is 2. The first-order valence-corrected chi connectivity index (χ1v) is 6.75. The van der Waals surface area contributed by atoms with Gasteiger partial charge in [-0.25, -0.2) is 0 Å². The quantitative estimate of drug-likeness (QED) is 0.556. The van der Waals surface area contributed by atoms with Crippen molar-refractivity contribution in [1.29, 1.82) is 0 Å². The summed E-state index contributed by atoms with van der Waals surface area (Å²) < 4.78 is 0. The summed E-state index contributed by atoms with van der Waals surface area (Å²) in [6.07, 6.45) is 5.83. The predicted octanol–water partition coefficient (Wildman–Crippen LogP) is 2.82. The second-order valence-corrected chi connectivity index (χ2v) is 5.26. The maximum atomic E-state index is 11.9. The smallest absolute Gasteiger partial charge is 0.223 e. The molecule has 0 aromatic carbocycles. The second kappa shape index (κ2) is 9.82. The summed E-state index contributed by atoms with van der Waals surface area (Å²) in [6.45, 7) is 14.4. The van der Waals surface area contributed by atoms with Crippen molar-refractivity contribution in [3.8, 4) is 12.5 Å². The third-order valence-corrected chi connectivity index (χ3v) is 2.34. The van der Waals surface area contributed by atoms with E-state index in [1.165, 1.54) is 0 Å². The van der Waals surface area contributed by atoms with Gasteiger partial charge in [-0.3, -0.25) is 4.79 Å². The Hall–Kier alpha value is -1.17. The molecule has 0 saturated heterocycles. The van der Waals surface area contributed by atoms with Crippen LogP contribution < -0.4 is 0 Å². The van der Waals surface area contributed by atoms with Gasteiger partial charge in [-0.05, 0) is 12.3 Å². The van der Waals surface area contributed by atoms with E-state index in [4.69, 9.17) is 6.42 Å². The lowest BCUT2D eigenvalue weighted by Crippen LogP contribution is -2.38. The van der Waals surface area contributed by atoms with Gasteiger partial charge in [-0.2, -0.15) is 0 Å². The van der Waals surface area contributed by atoms with Crippen LogP contribution in [-0.4, -0.2) is 42.4 Å². The van der Waals surface area contributed by atoms with E-state index in [9.17, 15) is 4.79 Å². The molecule has 0 aromatic heterocycles. The average Bonchev–Trinajstić information content (AvgIpc) is 2.29. The minimum atomic E-state index is 0.0442. The molecule has 0 unspecified atom stereocenters. The fraction of sp³-hybridized carbons (Fsp3) is 0.800. The molecule has 0 fully saturated rings. The molecular formula is C15H30N2O. The van der Waals surface area contributed by atoms with Gasteiger partial charge in [-0.15, -0.1) is 0 Å². The Morgan fingerprint density at radius 3 is 2.06 bits per heavy atom. The zero-order valence-electron chi connectivity index (χ0n) is 13.2. The molecule has 0 aliphatic carbocycles. The van der Waals surface area contributed by atoms with Gasteiger partial charge in [0.15, 0.2) is 0 Å². The second-order valence-electron chi connectivity index (χ2n) is 5.26. The van der Waals surface area contributed by atoms with Crippen LogP contribution in [0.1, 0.15) is 48.0 Å². The summed E-state index contributed by atoms with van der Waals surface area (Å²) in [5.41, 5.74) is 0.0442. The molecule has 0 aliphatic rings. The van der Waals surface area contributed by atoms with Crippen molar-refractivity contribution in [2.45, 2.75) is 48.0 Å². The van der Waals surface area contributed by atoms with Gasteiger partial charge < -0.3 is 9.80 Å². The average molecular weight is 254 g/mol. The molecule has 18 heavy (non-hydrogen) atoms. The zero-order chi connectivity index (χ0) is 14.8. The maximum absolute atomic E-state index is 11.9. The van der Waals surface area contributed by atoms with Gasteiger partial charge in [0.25, 0.3) is 0 Å². The Morgan fingerprint density at radius 2 is 1.72 bits per heavy atom. The molecule has 0 aliphatic heterocycles. The number of nitrogens with zero attached hydrogens (tertiary/aromatic N) is 2. The summed E-state index contributed by atoms with van der Waals surface area (Å²) in [7, 11) is 1.85. The van der Waals surface area contributed by atoms with Crippen LogP contribution in [0.25, 0.3) is 0 Å². The topological polar surface area (TPSA) is 23.6 Å². The van der Waals surface area contributed by atoms with Crippen LogP contribution in [0.3, 0.4) is 0 Å². The van der Waals surface area contributed by atoms with E-state index >= 15 is 0 Å². The largest absolute Gasteiger partial charge is 0.341 e. The lowest BCUT2D eigenvalue weighted by molar-refractivity contribution is -0.133. The molecule has 0 N–H and O–H groups in total. The van der Waals surface area contributed by atoms with Crippen molar-refractivity contribution in [2.24, 2.45) is 5.41 Å². The Kier molecular flexibility index (Phi) is 10.5. The van der Waals surface area contributed by atoms with E-state index in [0.29, 0.717) is 13.0 Å². The van der Waals surface area contributed by atoms with Crippen LogP contribution in [0.2, 0.25) is 0 Å². The Bertz CT molecular complexity index is 261. The van der Waals surface area contributed by atoms with E-state index in [2.05, 4.69) is 26.8 Å².